The number of aromatic nitrogens is 4. The van der Waals surface area contributed by atoms with Crippen LogP contribution in [-0.4, -0.2) is 47.0 Å². The molecule has 4 rings (SSSR count). The number of hydrogen-bond donors (Lipinski definition) is 1. The minimum atomic E-state index is -0.274. The molecule has 2 heterocycles. The van der Waals surface area contributed by atoms with Gasteiger partial charge in [-0.1, -0.05) is 12.1 Å². The standard InChI is InChI=1S/C22H23F2N5O/c1-30-15-14-29-22(25-26-27-29)21(18-4-8-20(24)9-5-18)28-12-10-17(11-13-28)16-2-6-19(23)7-3-16/h2-10,21H,11-15H2,1H3/p+1/t21-/m0/s1. The van der Waals surface area contributed by atoms with Crippen LogP contribution < -0.4 is 4.90 Å². The fourth-order valence-corrected chi connectivity index (χ4v) is 3.92. The molecular weight excluding hydrogens is 388 g/mol. The number of nitrogens with zero attached hydrogens (tertiary/aromatic N) is 4. The Morgan fingerprint density at radius 3 is 2.40 bits per heavy atom. The van der Waals surface area contributed by atoms with E-state index >= 15 is 0 Å². The lowest BCUT2D eigenvalue weighted by molar-refractivity contribution is -0.921. The number of halogens is 2. The van der Waals surface area contributed by atoms with Crippen molar-refractivity contribution in [3.05, 3.63) is 83.2 Å². The molecule has 1 aliphatic heterocycles. The van der Waals surface area contributed by atoms with Gasteiger partial charge < -0.3 is 9.64 Å². The van der Waals surface area contributed by atoms with Gasteiger partial charge in [0.15, 0.2) is 6.04 Å². The maximum absolute atomic E-state index is 13.5. The molecule has 1 aliphatic rings. The first-order valence-electron chi connectivity index (χ1n) is 9.95. The van der Waals surface area contributed by atoms with Crippen molar-refractivity contribution < 1.29 is 18.4 Å². The van der Waals surface area contributed by atoms with Crippen LogP contribution in [0.5, 0.6) is 0 Å². The molecule has 6 nitrogen and oxygen atoms in total. The van der Waals surface area contributed by atoms with Crippen LogP contribution >= 0.6 is 0 Å². The van der Waals surface area contributed by atoms with Crippen LogP contribution in [0.2, 0.25) is 0 Å². The van der Waals surface area contributed by atoms with Crippen molar-refractivity contribution in [1.82, 2.24) is 20.2 Å². The highest BCUT2D eigenvalue weighted by Crippen LogP contribution is 2.22. The third-order valence-electron chi connectivity index (χ3n) is 5.48. The summed E-state index contributed by atoms with van der Waals surface area (Å²) in [5.41, 5.74) is 3.20. The largest absolute Gasteiger partial charge is 0.383 e. The lowest BCUT2D eigenvalue weighted by Crippen LogP contribution is -3.13. The quantitative estimate of drug-likeness (QED) is 0.646. The number of rotatable bonds is 7. The monoisotopic (exact) mass is 412 g/mol. The summed E-state index contributed by atoms with van der Waals surface area (Å²) in [5, 5.41) is 12.3. The number of nitrogens with one attached hydrogen (secondary N) is 1. The lowest BCUT2D eigenvalue weighted by atomic mass is 9.96. The van der Waals surface area contributed by atoms with Gasteiger partial charge in [-0.05, 0) is 64.0 Å². The molecule has 0 saturated heterocycles. The molecule has 0 fully saturated rings. The molecule has 8 heteroatoms. The molecule has 0 bridgehead atoms. The van der Waals surface area contributed by atoms with E-state index in [-0.39, 0.29) is 17.7 Å². The summed E-state index contributed by atoms with van der Waals surface area (Å²) in [7, 11) is 1.64. The van der Waals surface area contributed by atoms with Crippen LogP contribution in [0.3, 0.4) is 0 Å². The van der Waals surface area contributed by atoms with Gasteiger partial charge in [0.1, 0.15) is 11.6 Å². The van der Waals surface area contributed by atoms with Gasteiger partial charge in [-0.15, -0.1) is 5.10 Å². The molecule has 2 aromatic carbocycles. The molecule has 1 aromatic heterocycles. The van der Waals surface area contributed by atoms with Crippen molar-refractivity contribution in [3.63, 3.8) is 0 Å². The summed E-state index contributed by atoms with van der Waals surface area (Å²) in [6.45, 7) is 2.65. The maximum atomic E-state index is 13.5. The third kappa shape index (κ3) is 4.44. The summed E-state index contributed by atoms with van der Waals surface area (Å²) in [5.74, 6) is 0.220. The minimum Gasteiger partial charge on any atom is -0.383 e. The molecule has 0 radical (unpaired) electrons. The second-order valence-corrected chi connectivity index (χ2v) is 7.34. The van der Waals surface area contributed by atoms with Gasteiger partial charge in [0.25, 0.3) is 0 Å². The van der Waals surface area contributed by atoms with Gasteiger partial charge in [-0.2, -0.15) is 0 Å². The van der Waals surface area contributed by atoms with E-state index in [0.29, 0.717) is 13.2 Å². The Bertz CT molecular complexity index is 1000. The van der Waals surface area contributed by atoms with Crippen LogP contribution in [0.25, 0.3) is 5.57 Å². The highest BCUT2D eigenvalue weighted by Gasteiger charge is 2.32. The second kappa shape index (κ2) is 9.23. The zero-order valence-electron chi connectivity index (χ0n) is 16.8. The van der Waals surface area contributed by atoms with Gasteiger partial charge in [-0.25, -0.2) is 13.5 Å². The van der Waals surface area contributed by atoms with Gasteiger partial charge in [0, 0.05) is 19.1 Å². The first kappa shape index (κ1) is 20.3. The summed E-state index contributed by atoms with van der Waals surface area (Å²) in [6.07, 6.45) is 3.03. The highest BCUT2D eigenvalue weighted by molar-refractivity contribution is 5.66. The Labute approximate surface area is 173 Å². The number of methoxy groups -OCH3 is 1. The van der Waals surface area contributed by atoms with Gasteiger partial charge in [0.2, 0.25) is 5.82 Å². The summed E-state index contributed by atoms with van der Waals surface area (Å²) < 4.78 is 33.7. The van der Waals surface area contributed by atoms with E-state index in [1.807, 2.05) is 12.1 Å². The van der Waals surface area contributed by atoms with E-state index < -0.39 is 0 Å². The minimum absolute atomic E-state index is 0.136. The SMILES string of the molecule is COCCn1nnnc1[C@H](c1ccc(F)cc1)[NH+]1CC=C(c2ccc(F)cc2)CC1. The Morgan fingerprint density at radius 2 is 1.77 bits per heavy atom. The van der Waals surface area contributed by atoms with E-state index in [0.717, 1.165) is 36.5 Å². The fourth-order valence-electron chi connectivity index (χ4n) is 3.92. The zero-order chi connectivity index (χ0) is 20.9. The molecule has 3 aromatic rings. The molecule has 0 amide bonds. The average Bonchev–Trinajstić information content (AvgIpc) is 3.23. The first-order valence-corrected chi connectivity index (χ1v) is 9.95. The Morgan fingerprint density at radius 1 is 1.07 bits per heavy atom. The van der Waals surface area contributed by atoms with Crippen LogP contribution in [0.15, 0.2) is 54.6 Å². The van der Waals surface area contributed by atoms with Crippen LogP contribution in [-0.2, 0) is 11.3 Å². The second-order valence-electron chi connectivity index (χ2n) is 7.34. The predicted octanol–water partition coefficient (Wildman–Crippen LogP) is 2.06. The van der Waals surface area contributed by atoms with Crippen molar-refractivity contribution in [2.75, 3.05) is 26.8 Å². The Hall–Kier alpha value is -2.97. The predicted molar refractivity (Wildman–Crippen MR) is 108 cm³/mol. The molecule has 0 spiro atoms. The van der Waals surface area contributed by atoms with Crippen molar-refractivity contribution in [3.8, 4) is 0 Å². The fraction of sp³-hybridized carbons (Fsp3) is 0.318. The Kier molecular flexibility index (Phi) is 6.25. The number of quaternary nitrogens is 1. The topological polar surface area (TPSA) is 57.3 Å². The highest BCUT2D eigenvalue weighted by atomic mass is 19.1. The van der Waals surface area contributed by atoms with Crippen molar-refractivity contribution >= 4 is 5.57 Å². The van der Waals surface area contributed by atoms with Crippen molar-refractivity contribution in [2.24, 2.45) is 0 Å². The van der Waals surface area contributed by atoms with E-state index in [4.69, 9.17) is 4.74 Å². The molecule has 1 unspecified atom stereocenters. The molecule has 2 atom stereocenters. The number of ether oxygens (including phenoxy) is 1. The van der Waals surface area contributed by atoms with Gasteiger partial charge in [0.05, 0.1) is 26.2 Å². The normalized spacial score (nSPS) is 17.6. The molecular formula is C22H24F2N5O+. The van der Waals surface area contributed by atoms with Crippen molar-refractivity contribution in [1.29, 1.82) is 0 Å². The summed E-state index contributed by atoms with van der Waals surface area (Å²) in [4.78, 5) is 1.26. The molecule has 0 aliphatic carbocycles. The van der Waals surface area contributed by atoms with E-state index in [9.17, 15) is 8.78 Å². The molecule has 30 heavy (non-hydrogen) atoms. The smallest absolute Gasteiger partial charge is 0.214 e. The molecule has 0 saturated carbocycles. The summed E-state index contributed by atoms with van der Waals surface area (Å²) >= 11 is 0. The van der Waals surface area contributed by atoms with Crippen LogP contribution in [0, 0.1) is 11.6 Å². The molecule has 1 N–H and O–H groups in total. The zero-order valence-corrected chi connectivity index (χ0v) is 16.8. The number of hydrogen-bond acceptors (Lipinski definition) is 4. The average molecular weight is 412 g/mol. The lowest BCUT2D eigenvalue weighted by Gasteiger charge is -2.30. The number of tetrazole rings is 1. The van der Waals surface area contributed by atoms with Crippen LogP contribution in [0.1, 0.15) is 29.4 Å². The van der Waals surface area contributed by atoms with Crippen LogP contribution in [0.4, 0.5) is 8.78 Å². The maximum Gasteiger partial charge on any atom is 0.214 e. The van der Waals surface area contributed by atoms with E-state index in [1.54, 1.807) is 23.9 Å². The van der Waals surface area contributed by atoms with Gasteiger partial charge >= 0.3 is 0 Å². The third-order valence-corrected chi connectivity index (χ3v) is 5.48. The first-order chi connectivity index (χ1) is 14.7. The van der Waals surface area contributed by atoms with Gasteiger partial charge in [-0.3, -0.25) is 0 Å². The Balaban J connectivity index is 1.63. The molecule has 156 valence electrons. The van der Waals surface area contributed by atoms with Crippen molar-refractivity contribution in [2.45, 2.75) is 19.0 Å². The summed E-state index contributed by atoms with van der Waals surface area (Å²) in [6, 6.07) is 13.0. The number of benzene rings is 2. The van der Waals surface area contributed by atoms with E-state index in [1.165, 1.54) is 34.7 Å². The van der Waals surface area contributed by atoms with E-state index in [2.05, 4.69) is 21.6 Å².